The molecule has 0 radical (unpaired) electrons. The summed E-state index contributed by atoms with van der Waals surface area (Å²) in [4.78, 5) is 3.89. The molecule has 0 bridgehead atoms. The first-order valence-electron chi connectivity index (χ1n) is 5.65. The van der Waals surface area contributed by atoms with Gasteiger partial charge >= 0.3 is 0 Å². The van der Waals surface area contributed by atoms with Crippen molar-refractivity contribution in [2.75, 3.05) is 0 Å². The number of hydrogen-bond donors (Lipinski definition) is 0. The summed E-state index contributed by atoms with van der Waals surface area (Å²) in [5, 5.41) is 2.59. The van der Waals surface area contributed by atoms with Crippen LogP contribution in [0, 0.1) is 12.7 Å². The van der Waals surface area contributed by atoms with Crippen LogP contribution in [0.2, 0.25) is 0 Å². The Morgan fingerprint density at radius 1 is 1.37 bits per heavy atom. The third kappa shape index (κ3) is 2.98. The SMILES string of the molecule is Cc1noc([C@@H](C)S(=O)(=O)Cc2ccccc2F)n1. The number of halogens is 1. The molecule has 1 aromatic carbocycles. The summed E-state index contributed by atoms with van der Waals surface area (Å²) in [6.07, 6.45) is 0. The first-order chi connectivity index (χ1) is 8.90. The highest BCUT2D eigenvalue weighted by Gasteiger charge is 2.28. The summed E-state index contributed by atoms with van der Waals surface area (Å²) in [7, 11) is -3.61. The average molecular weight is 284 g/mol. The lowest BCUT2D eigenvalue weighted by Gasteiger charge is -2.09. The Morgan fingerprint density at radius 2 is 2.05 bits per heavy atom. The van der Waals surface area contributed by atoms with Gasteiger partial charge < -0.3 is 4.52 Å². The lowest BCUT2D eigenvalue weighted by atomic mass is 10.2. The number of hydrogen-bond acceptors (Lipinski definition) is 5. The molecule has 0 spiro atoms. The van der Waals surface area contributed by atoms with Gasteiger partial charge in [-0.3, -0.25) is 0 Å². The molecular weight excluding hydrogens is 271 g/mol. The van der Waals surface area contributed by atoms with Crippen LogP contribution < -0.4 is 0 Å². The van der Waals surface area contributed by atoms with Crippen molar-refractivity contribution in [3.8, 4) is 0 Å². The quantitative estimate of drug-likeness (QED) is 0.860. The molecule has 102 valence electrons. The van der Waals surface area contributed by atoms with Crippen LogP contribution >= 0.6 is 0 Å². The van der Waals surface area contributed by atoms with Crippen molar-refractivity contribution < 1.29 is 17.3 Å². The van der Waals surface area contributed by atoms with Gasteiger partial charge in [-0.25, -0.2) is 12.8 Å². The van der Waals surface area contributed by atoms with E-state index in [2.05, 4.69) is 10.1 Å². The second-order valence-electron chi connectivity index (χ2n) is 4.22. The van der Waals surface area contributed by atoms with Crippen LogP contribution in [-0.4, -0.2) is 18.6 Å². The molecule has 0 aliphatic heterocycles. The lowest BCUT2D eigenvalue weighted by Crippen LogP contribution is -2.14. The average Bonchev–Trinajstić information content (AvgIpc) is 2.77. The molecular formula is C12H13FN2O3S. The van der Waals surface area contributed by atoms with E-state index in [0.717, 1.165) is 0 Å². The second kappa shape index (κ2) is 5.08. The molecule has 0 aliphatic carbocycles. The van der Waals surface area contributed by atoms with E-state index in [1.54, 1.807) is 13.0 Å². The van der Waals surface area contributed by atoms with Gasteiger partial charge in [-0.2, -0.15) is 4.98 Å². The summed E-state index contributed by atoms with van der Waals surface area (Å²) < 4.78 is 42.7. The van der Waals surface area contributed by atoms with E-state index in [1.165, 1.54) is 25.1 Å². The van der Waals surface area contributed by atoms with Crippen molar-refractivity contribution in [3.05, 3.63) is 47.4 Å². The highest BCUT2D eigenvalue weighted by atomic mass is 32.2. The van der Waals surface area contributed by atoms with Gasteiger partial charge in [0.15, 0.2) is 15.7 Å². The van der Waals surface area contributed by atoms with E-state index in [-0.39, 0.29) is 11.5 Å². The molecule has 2 aromatic rings. The summed E-state index contributed by atoms with van der Waals surface area (Å²) in [6.45, 7) is 3.05. The number of aromatic nitrogens is 2. The fraction of sp³-hybridized carbons (Fsp3) is 0.333. The van der Waals surface area contributed by atoms with Crippen molar-refractivity contribution in [2.24, 2.45) is 0 Å². The zero-order valence-electron chi connectivity index (χ0n) is 10.5. The molecule has 0 amide bonds. The molecule has 19 heavy (non-hydrogen) atoms. The number of aryl methyl sites for hydroxylation is 1. The summed E-state index contributed by atoms with van der Waals surface area (Å²) in [5.41, 5.74) is 0.130. The number of benzene rings is 1. The summed E-state index contributed by atoms with van der Waals surface area (Å²) in [5.74, 6) is -0.556. The van der Waals surface area contributed by atoms with E-state index >= 15 is 0 Å². The molecule has 2 rings (SSSR count). The predicted molar refractivity (Wildman–Crippen MR) is 66.5 cm³/mol. The van der Waals surface area contributed by atoms with Crippen molar-refractivity contribution in [2.45, 2.75) is 24.9 Å². The van der Waals surface area contributed by atoms with Crippen LogP contribution in [0.4, 0.5) is 4.39 Å². The number of rotatable bonds is 4. The smallest absolute Gasteiger partial charge is 0.244 e. The van der Waals surface area contributed by atoms with Gasteiger partial charge in [0.1, 0.15) is 11.1 Å². The first kappa shape index (κ1) is 13.7. The topological polar surface area (TPSA) is 73.1 Å². The molecule has 1 heterocycles. The zero-order chi connectivity index (χ0) is 14.0. The summed E-state index contributed by atoms with van der Waals surface area (Å²) in [6, 6.07) is 5.77. The van der Waals surface area contributed by atoms with E-state index in [4.69, 9.17) is 4.52 Å². The van der Waals surface area contributed by atoms with Crippen LogP contribution in [0.1, 0.15) is 29.5 Å². The standard InChI is InChI=1S/C12H13FN2O3S/c1-8(12-14-9(2)15-18-12)19(16,17)7-10-5-3-4-6-11(10)13/h3-6,8H,7H2,1-2H3/t8-/m1/s1. The second-order valence-corrected chi connectivity index (χ2v) is 6.54. The summed E-state index contributed by atoms with van der Waals surface area (Å²) >= 11 is 0. The van der Waals surface area contributed by atoms with Gasteiger partial charge in [0.25, 0.3) is 0 Å². The van der Waals surface area contributed by atoms with Gasteiger partial charge in [0, 0.05) is 5.56 Å². The normalized spacial score (nSPS) is 13.4. The molecule has 0 fully saturated rings. The van der Waals surface area contributed by atoms with E-state index in [9.17, 15) is 12.8 Å². The highest BCUT2D eigenvalue weighted by molar-refractivity contribution is 7.90. The number of sulfone groups is 1. The van der Waals surface area contributed by atoms with Crippen molar-refractivity contribution in [3.63, 3.8) is 0 Å². The van der Waals surface area contributed by atoms with Crippen LogP contribution in [0.5, 0.6) is 0 Å². The Labute approximate surface area is 110 Å². The fourth-order valence-corrected chi connectivity index (χ4v) is 2.91. The predicted octanol–water partition coefficient (Wildman–Crippen LogP) is 2.19. The molecule has 0 saturated heterocycles. The molecule has 0 N–H and O–H groups in total. The molecule has 1 aromatic heterocycles. The maximum Gasteiger partial charge on any atom is 0.244 e. The largest absolute Gasteiger partial charge is 0.338 e. The monoisotopic (exact) mass is 284 g/mol. The van der Waals surface area contributed by atoms with Crippen LogP contribution in [0.3, 0.4) is 0 Å². The third-order valence-corrected chi connectivity index (χ3v) is 4.74. The molecule has 0 unspecified atom stereocenters. The number of nitrogens with zero attached hydrogens (tertiary/aromatic N) is 2. The molecule has 0 aliphatic rings. The lowest BCUT2D eigenvalue weighted by molar-refractivity contribution is 0.373. The van der Waals surface area contributed by atoms with Gasteiger partial charge in [0.05, 0.1) is 5.75 Å². The van der Waals surface area contributed by atoms with Crippen LogP contribution in [0.15, 0.2) is 28.8 Å². The van der Waals surface area contributed by atoms with E-state index in [1.807, 2.05) is 0 Å². The highest BCUT2D eigenvalue weighted by Crippen LogP contribution is 2.24. The van der Waals surface area contributed by atoms with Gasteiger partial charge in [-0.05, 0) is 19.9 Å². The van der Waals surface area contributed by atoms with E-state index in [0.29, 0.717) is 5.82 Å². The van der Waals surface area contributed by atoms with Crippen molar-refractivity contribution in [1.82, 2.24) is 10.1 Å². The Kier molecular flexibility index (Phi) is 3.66. The molecule has 1 atom stereocenters. The van der Waals surface area contributed by atoms with Crippen molar-refractivity contribution in [1.29, 1.82) is 0 Å². The first-order valence-corrected chi connectivity index (χ1v) is 7.37. The Hall–Kier alpha value is -1.76. The van der Waals surface area contributed by atoms with Gasteiger partial charge in [-0.1, -0.05) is 23.4 Å². The minimum atomic E-state index is -3.61. The van der Waals surface area contributed by atoms with Crippen molar-refractivity contribution >= 4 is 9.84 Å². The fourth-order valence-electron chi connectivity index (χ4n) is 1.59. The molecule has 5 nitrogen and oxygen atoms in total. The van der Waals surface area contributed by atoms with Gasteiger partial charge in [0.2, 0.25) is 5.89 Å². The van der Waals surface area contributed by atoms with E-state index < -0.39 is 26.7 Å². The van der Waals surface area contributed by atoms with Crippen LogP contribution in [-0.2, 0) is 15.6 Å². The van der Waals surface area contributed by atoms with Crippen LogP contribution in [0.25, 0.3) is 0 Å². The third-order valence-electron chi connectivity index (χ3n) is 2.74. The Balaban J connectivity index is 2.26. The Morgan fingerprint density at radius 3 is 2.63 bits per heavy atom. The zero-order valence-corrected chi connectivity index (χ0v) is 11.3. The molecule has 0 saturated carbocycles. The molecule has 7 heteroatoms. The minimum Gasteiger partial charge on any atom is -0.338 e. The Bertz CT molecular complexity index is 682. The van der Waals surface area contributed by atoms with Gasteiger partial charge in [-0.15, -0.1) is 0 Å². The maximum absolute atomic E-state index is 13.5. The minimum absolute atomic E-state index is 0.0221. The maximum atomic E-state index is 13.5.